The number of hydrogen-bond donors (Lipinski definition) is 1. The molecule has 1 N–H and O–H groups in total. The molecule has 0 saturated heterocycles. The van der Waals surface area contributed by atoms with Crippen LogP contribution >= 0.6 is 8.03 Å². The average molecular weight is 176 g/mol. The van der Waals surface area contributed by atoms with E-state index in [4.69, 9.17) is 4.89 Å². The van der Waals surface area contributed by atoms with Crippen LogP contribution in [0.1, 0.15) is 6.92 Å². The maximum absolute atomic E-state index is 10.7. The lowest BCUT2D eigenvalue weighted by atomic mass is 10.5. The van der Waals surface area contributed by atoms with E-state index in [1.165, 1.54) is 17.9 Å². The van der Waals surface area contributed by atoms with Crippen molar-refractivity contribution >= 4 is 13.9 Å². The van der Waals surface area contributed by atoms with E-state index in [9.17, 15) is 9.36 Å². The number of hydrogen-bond acceptors (Lipinski definition) is 2. The lowest BCUT2D eigenvalue weighted by Crippen LogP contribution is -2.28. The third-order valence-corrected chi connectivity index (χ3v) is 1.67. The lowest BCUT2D eigenvalue weighted by molar-refractivity contribution is -0.127. The lowest BCUT2D eigenvalue weighted by Gasteiger charge is -2.10. The first kappa shape index (κ1) is 10.3. The maximum Gasteiger partial charge on any atom is 0.527 e. The van der Waals surface area contributed by atoms with Gasteiger partial charge in [0.05, 0.1) is 0 Å². The van der Waals surface area contributed by atoms with Crippen molar-refractivity contribution in [2.45, 2.75) is 6.92 Å². The zero-order valence-corrected chi connectivity index (χ0v) is 7.25. The van der Waals surface area contributed by atoms with Crippen LogP contribution in [0.15, 0.2) is 12.7 Å². The molecule has 0 aliphatic carbocycles. The normalized spacial score (nSPS) is 10.5. The van der Waals surface area contributed by atoms with E-state index in [0.717, 1.165) is 0 Å². The summed E-state index contributed by atoms with van der Waals surface area (Å²) < 4.78 is 10.3. The molecule has 0 radical (unpaired) electrons. The molecule has 11 heavy (non-hydrogen) atoms. The first-order chi connectivity index (χ1) is 5.07. The molecule has 62 valence electrons. The molecule has 0 rings (SSSR count). The summed E-state index contributed by atoms with van der Waals surface area (Å²) in [7, 11) is -2.28. The van der Waals surface area contributed by atoms with Gasteiger partial charge in [-0.1, -0.05) is 6.08 Å². The quantitative estimate of drug-likeness (QED) is 0.507. The third-order valence-electron chi connectivity index (χ3n) is 1.09. The summed E-state index contributed by atoms with van der Waals surface area (Å²) in [5, 5.41) is 0. The Bertz CT molecular complexity index is 181. The number of amides is 1. The smallest absolute Gasteiger partial charge is 0.295 e. The standard InChI is InChI=1S/C6H10NO3P/c1-3-4-7(6(2)8)5-11(9)10/h3H,1,4-5H2,2H3/p+1. The van der Waals surface area contributed by atoms with Gasteiger partial charge in [0, 0.05) is 13.5 Å². The Balaban J connectivity index is 3.99. The van der Waals surface area contributed by atoms with Gasteiger partial charge in [0.15, 0.2) is 0 Å². The molecule has 5 heteroatoms. The van der Waals surface area contributed by atoms with Crippen LogP contribution in [0.25, 0.3) is 0 Å². The summed E-state index contributed by atoms with van der Waals surface area (Å²) in [6.45, 7) is 5.09. The second kappa shape index (κ2) is 4.99. The van der Waals surface area contributed by atoms with E-state index in [0.29, 0.717) is 6.54 Å². The highest BCUT2D eigenvalue weighted by Crippen LogP contribution is 2.14. The number of nitrogens with zero attached hydrogens (tertiary/aromatic N) is 1. The Kier molecular flexibility index (Phi) is 4.66. The third kappa shape index (κ3) is 4.65. The molecule has 0 spiro atoms. The molecule has 4 nitrogen and oxygen atoms in total. The average Bonchev–Trinajstić information content (AvgIpc) is 1.86. The van der Waals surface area contributed by atoms with Gasteiger partial charge in [-0.25, -0.2) is 0 Å². The molecule has 0 bridgehead atoms. The van der Waals surface area contributed by atoms with Gasteiger partial charge in [-0.15, -0.1) is 6.58 Å². The molecule has 1 atom stereocenters. The first-order valence-corrected chi connectivity index (χ1v) is 4.47. The Labute approximate surface area is 66.4 Å². The minimum absolute atomic E-state index is 0.114. The van der Waals surface area contributed by atoms with Crippen molar-refractivity contribution in [1.82, 2.24) is 4.90 Å². The fraction of sp³-hybridized carbons (Fsp3) is 0.500. The van der Waals surface area contributed by atoms with Crippen LogP contribution in [0, 0.1) is 0 Å². The van der Waals surface area contributed by atoms with Crippen LogP contribution < -0.4 is 0 Å². The van der Waals surface area contributed by atoms with Gasteiger partial charge in [0.25, 0.3) is 6.29 Å². The van der Waals surface area contributed by atoms with Crippen LogP contribution in [-0.4, -0.2) is 28.5 Å². The Hall–Kier alpha value is -0.730. The van der Waals surface area contributed by atoms with Crippen LogP contribution in [-0.2, 0) is 9.36 Å². The van der Waals surface area contributed by atoms with E-state index < -0.39 is 8.03 Å². The van der Waals surface area contributed by atoms with Gasteiger partial charge in [-0.2, -0.15) is 4.89 Å². The molecule has 0 aliphatic heterocycles. The fourth-order valence-corrected chi connectivity index (χ4v) is 1.19. The van der Waals surface area contributed by atoms with Crippen molar-refractivity contribution in [3.05, 3.63) is 12.7 Å². The highest BCUT2D eigenvalue weighted by atomic mass is 31.1. The summed E-state index contributed by atoms with van der Waals surface area (Å²) in [5.41, 5.74) is 0. The number of rotatable bonds is 4. The zero-order chi connectivity index (χ0) is 8.85. The Morgan fingerprint density at radius 2 is 2.36 bits per heavy atom. The van der Waals surface area contributed by atoms with E-state index in [-0.39, 0.29) is 12.2 Å². The largest absolute Gasteiger partial charge is 0.527 e. The summed E-state index contributed by atoms with van der Waals surface area (Å²) >= 11 is 0. The summed E-state index contributed by atoms with van der Waals surface area (Å²) in [5.74, 6) is -0.220. The van der Waals surface area contributed by atoms with Gasteiger partial charge < -0.3 is 0 Å². The van der Waals surface area contributed by atoms with Gasteiger partial charge in [-0.3, -0.25) is 9.69 Å². The topological polar surface area (TPSA) is 57.6 Å². The molecule has 0 aliphatic rings. The maximum atomic E-state index is 10.7. The number of carbonyl (C=O) groups is 1. The highest BCUT2D eigenvalue weighted by molar-refractivity contribution is 7.37. The van der Waals surface area contributed by atoms with Crippen LogP contribution in [0.5, 0.6) is 0 Å². The van der Waals surface area contributed by atoms with Gasteiger partial charge in [-0.05, 0) is 4.57 Å². The van der Waals surface area contributed by atoms with E-state index in [2.05, 4.69) is 6.58 Å². The van der Waals surface area contributed by atoms with E-state index in [1.54, 1.807) is 0 Å². The van der Waals surface area contributed by atoms with Crippen LogP contribution in [0.4, 0.5) is 0 Å². The first-order valence-electron chi connectivity index (χ1n) is 3.08. The van der Waals surface area contributed by atoms with Gasteiger partial charge >= 0.3 is 8.03 Å². The predicted octanol–water partition coefficient (Wildman–Crippen LogP) is 0.713. The molecule has 1 amide bonds. The van der Waals surface area contributed by atoms with Crippen molar-refractivity contribution in [2.24, 2.45) is 0 Å². The molecule has 0 aromatic rings. The fourth-order valence-electron chi connectivity index (χ4n) is 0.588. The molecular formula is C6H11NO3P+. The molecule has 0 aromatic carbocycles. The molecule has 0 fully saturated rings. The van der Waals surface area contributed by atoms with Crippen LogP contribution in [0.2, 0.25) is 0 Å². The van der Waals surface area contributed by atoms with Crippen molar-refractivity contribution in [2.75, 3.05) is 12.8 Å². The van der Waals surface area contributed by atoms with Crippen LogP contribution in [0.3, 0.4) is 0 Å². The molecule has 0 heterocycles. The summed E-state index contributed by atoms with van der Waals surface area (Å²) in [6, 6.07) is 0. The van der Waals surface area contributed by atoms with Crippen molar-refractivity contribution in [3.8, 4) is 0 Å². The zero-order valence-electron chi connectivity index (χ0n) is 6.36. The molecule has 0 aromatic heterocycles. The second-order valence-corrected chi connectivity index (χ2v) is 3.01. The monoisotopic (exact) mass is 176 g/mol. The van der Waals surface area contributed by atoms with Crippen molar-refractivity contribution in [3.63, 3.8) is 0 Å². The van der Waals surface area contributed by atoms with E-state index in [1.807, 2.05) is 0 Å². The summed E-state index contributed by atoms with van der Waals surface area (Å²) in [6.07, 6.45) is 1.40. The van der Waals surface area contributed by atoms with Crippen molar-refractivity contribution in [1.29, 1.82) is 0 Å². The SMILES string of the molecule is C=CCN(C[P+](=O)O)C(C)=O. The van der Waals surface area contributed by atoms with Gasteiger partial charge in [0.2, 0.25) is 5.91 Å². The molecule has 0 saturated carbocycles. The minimum Gasteiger partial charge on any atom is -0.295 e. The Morgan fingerprint density at radius 1 is 1.82 bits per heavy atom. The highest BCUT2D eigenvalue weighted by Gasteiger charge is 2.18. The van der Waals surface area contributed by atoms with Crippen molar-refractivity contribution < 1.29 is 14.3 Å². The summed E-state index contributed by atoms with van der Waals surface area (Å²) in [4.78, 5) is 20.4. The second-order valence-electron chi connectivity index (χ2n) is 2.02. The minimum atomic E-state index is -2.28. The van der Waals surface area contributed by atoms with E-state index >= 15 is 0 Å². The molecular weight excluding hydrogens is 165 g/mol. The molecule has 1 unspecified atom stereocenters. The van der Waals surface area contributed by atoms with Gasteiger partial charge in [0.1, 0.15) is 0 Å². The Morgan fingerprint density at radius 3 is 2.64 bits per heavy atom. The predicted molar refractivity (Wildman–Crippen MR) is 42.3 cm³/mol. The number of carbonyl (C=O) groups excluding carboxylic acids is 1.